The van der Waals surface area contributed by atoms with Crippen molar-refractivity contribution in [1.82, 2.24) is 14.5 Å². The summed E-state index contributed by atoms with van der Waals surface area (Å²) in [5.41, 5.74) is 8.88. The van der Waals surface area contributed by atoms with E-state index >= 15 is 0 Å². The molecule has 0 fully saturated rings. The monoisotopic (exact) mass is 288 g/mol. The molecule has 0 aliphatic rings. The molecule has 0 saturated heterocycles. The van der Waals surface area contributed by atoms with Gasteiger partial charge in [0.2, 0.25) is 0 Å². The van der Waals surface area contributed by atoms with E-state index in [1.807, 2.05) is 12.1 Å². The van der Waals surface area contributed by atoms with Gasteiger partial charge in [-0.1, -0.05) is 13.8 Å². The average Bonchev–Trinajstić information content (AvgIpc) is 2.80. The summed E-state index contributed by atoms with van der Waals surface area (Å²) in [6.45, 7) is 8.74. The fraction of sp³-hybridized carbons (Fsp3) is 0.588. The maximum absolute atomic E-state index is 5.88. The van der Waals surface area contributed by atoms with Crippen molar-refractivity contribution in [2.24, 2.45) is 0 Å². The number of hydrogen-bond acceptors (Lipinski definition) is 3. The molecule has 2 aromatic rings. The van der Waals surface area contributed by atoms with E-state index in [2.05, 4.69) is 43.4 Å². The molecule has 0 aliphatic heterocycles. The van der Waals surface area contributed by atoms with Crippen LogP contribution in [-0.4, -0.2) is 34.1 Å². The summed E-state index contributed by atoms with van der Waals surface area (Å²) in [4.78, 5) is 7.19. The minimum absolute atomic E-state index is 0.616. The maximum Gasteiger partial charge on any atom is 0.109 e. The lowest BCUT2D eigenvalue weighted by Crippen LogP contribution is -2.31. The number of hydrogen-bond donors (Lipinski definition) is 1. The first-order valence-electron chi connectivity index (χ1n) is 8.01. The summed E-state index contributed by atoms with van der Waals surface area (Å²) >= 11 is 0. The zero-order chi connectivity index (χ0) is 15.4. The van der Waals surface area contributed by atoms with Crippen molar-refractivity contribution in [3.05, 3.63) is 24.0 Å². The summed E-state index contributed by atoms with van der Waals surface area (Å²) < 4.78 is 2.36. The molecule has 116 valence electrons. The summed E-state index contributed by atoms with van der Waals surface area (Å²) in [5, 5.41) is 0. The third-order valence-corrected chi connectivity index (χ3v) is 4.34. The Bertz CT molecular complexity index is 588. The van der Waals surface area contributed by atoms with E-state index in [9.17, 15) is 0 Å². The highest BCUT2D eigenvalue weighted by Gasteiger charge is 2.12. The molecule has 0 aliphatic carbocycles. The number of fused-ring (bicyclic) bond motifs is 1. The Morgan fingerprint density at radius 3 is 2.76 bits per heavy atom. The van der Waals surface area contributed by atoms with E-state index in [1.165, 1.54) is 17.8 Å². The molecule has 1 aromatic carbocycles. The first-order valence-corrected chi connectivity index (χ1v) is 8.01. The van der Waals surface area contributed by atoms with Crippen molar-refractivity contribution < 1.29 is 0 Å². The predicted molar refractivity (Wildman–Crippen MR) is 90.5 cm³/mol. The van der Waals surface area contributed by atoms with E-state index in [0.29, 0.717) is 6.04 Å². The minimum Gasteiger partial charge on any atom is -0.399 e. The predicted octanol–water partition coefficient (Wildman–Crippen LogP) is 3.30. The second-order valence-electron chi connectivity index (χ2n) is 5.92. The fourth-order valence-electron chi connectivity index (χ4n) is 2.65. The lowest BCUT2D eigenvalue weighted by atomic mass is 10.2. The van der Waals surface area contributed by atoms with Gasteiger partial charge >= 0.3 is 0 Å². The molecule has 0 saturated carbocycles. The van der Waals surface area contributed by atoms with Gasteiger partial charge in [-0.3, -0.25) is 0 Å². The van der Waals surface area contributed by atoms with E-state index < -0.39 is 0 Å². The van der Waals surface area contributed by atoms with Crippen LogP contribution >= 0.6 is 0 Å². The number of benzene rings is 1. The second-order valence-corrected chi connectivity index (χ2v) is 5.92. The van der Waals surface area contributed by atoms with Crippen LogP contribution in [0.25, 0.3) is 11.0 Å². The van der Waals surface area contributed by atoms with Gasteiger partial charge in [0.1, 0.15) is 5.82 Å². The summed E-state index contributed by atoms with van der Waals surface area (Å²) in [5.74, 6) is 1.18. The molecule has 0 bridgehead atoms. The molecule has 1 heterocycles. The molecule has 0 radical (unpaired) electrons. The van der Waals surface area contributed by atoms with Crippen LogP contribution in [-0.2, 0) is 13.0 Å². The van der Waals surface area contributed by atoms with Crippen molar-refractivity contribution in [2.45, 2.75) is 52.6 Å². The third kappa shape index (κ3) is 3.56. The van der Waals surface area contributed by atoms with Crippen LogP contribution in [0.5, 0.6) is 0 Å². The van der Waals surface area contributed by atoms with E-state index in [4.69, 9.17) is 10.7 Å². The Hall–Kier alpha value is -1.55. The van der Waals surface area contributed by atoms with Gasteiger partial charge in [0.15, 0.2) is 0 Å². The highest BCUT2D eigenvalue weighted by atomic mass is 15.2. The van der Waals surface area contributed by atoms with Crippen LogP contribution in [0, 0.1) is 0 Å². The highest BCUT2D eigenvalue weighted by molar-refractivity contribution is 5.79. The van der Waals surface area contributed by atoms with Crippen LogP contribution < -0.4 is 5.73 Å². The second kappa shape index (κ2) is 6.94. The summed E-state index contributed by atoms with van der Waals surface area (Å²) in [6, 6.07) is 6.66. The number of aromatic nitrogens is 2. The standard InChI is InChI=1S/C17H28N4/c1-5-7-17-19-15-12-14(18)8-9-16(15)21(17)11-10-20(4)13(3)6-2/h8-9,12-13H,5-7,10-11,18H2,1-4H3. The van der Waals surface area contributed by atoms with Gasteiger partial charge in [-0.05, 0) is 45.0 Å². The zero-order valence-electron chi connectivity index (χ0n) is 13.8. The van der Waals surface area contributed by atoms with Crippen molar-refractivity contribution >= 4 is 16.7 Å². The number of anilines is 1. The van der Waals surface area contributed by atoms with Crippen LogP contribution in [0.1, 0.15) is 39.4 Å². The van der Waals surface area contributed by atoms with Crippen LogP contribution in [0.2, 0.25) is 0 Å². The molecule has 21 heavy (non-hydrogen) atoms. The number of aryl methyl sites for hydroxylation is 1. The SMILES string of the molecule is CCCc1nc2cc(N)ccc2n1CCN(C)C(C)CC. The lowest BCUT2D eigenvalue weighted by molar-refractivity contribution is 0.242. The minimum atomic E-state index is 0.616. The normalized spacial score (nSPS) is 13.2. The molecule has 2 N–H and O–H groups in total. The zero-order valence-corrected chi connectivity index (χ0v) is 13.8. The molecular weight excluding hydrogens is 260 g/mol. The van der Waals surface area contributed by atoms with Gasteiger partial charge in [-0.15, -0.1) is 0 Å². The van der Waals surface area contributed by atoms with E-state index in [-0.39, 0.29) is 0 Å². The molecular formula is C17H28N4. The van der Waals surface area contributed by atoms with Crippen LogP contribution in [0.3, 0.4) is 0 Å². The largest absolute Gasteiger partial charge is 0.399 e. The van der Waals surface area contributed by atoms with Gasteiger partial charge in [0, 0.05) is 31.2 Å². The molecule has 1 atom stereocenters. The molecule has 4 heteroatoms. The van der Waals surface area contributed by atoms with Gasteiger partial charge in [0.05, 0.1) is 11.0 Å². The van der Waals surface area contributed by atoms with Crippen molar-refractivity contribution in [1.29, 1.82) is 0 Å². The van der Waals surface area contributed by atoms with Crippen LogP contribution in [0.15, 0.2) is 18.2 Å². The van der Waals surface area contributed by atoms with Crippen molar-refractivity contribution in [2.75, 3.05) is 19.3 Å². The van der Waals surface area contributed by atoms with Crippen molar-refractivity contribution in [3.63, 3.8) is 0 Å². The van der Waals surface area contributed by atoms with Crippen LogP contribution in [0.4, 0.5) is 5.69 Å². The molecule has 1 aromatic heterocycles. The number of likely N-dealkylation sites (N-methyl/N-ethyl adjacent to an activating group) is 1. The third-order valence-electron chi connectivity index (χ3n) is 4.34. The topological polar surface area (TPSA) is 47.1 Å². The summed E-state index contributed by atoms with van der Waals surface area (Å²) in [7, 11) is 2.20. The van der Waals surface area contributed by atoms with E-state index in [1.54, 1.807) is 0 Å². The Kier molecular flexibility index (Phi) is 5.23. The quantitative estimate of drug-likeness (QED) is 0.795. The fourth-order valence-corrected chi connectivity index (χ4v) is 2.65. The summed E-state index contributed by atoms with van der Waals surface area (Å²) in [6.07, 6.45) is 3.31. The number of nitrogen functional groups attached to an aromatic ring is 1. The number of imidazole rings is 1. The molecule has 4 nitrogen and oxygen atoms in total. The van der Waals surface area contributed by atoms with Gasteiger partial charge in [-0.2, -0.15) is 0 Å². The first kappa shape index (κ1) is 15.8. The van der Waals surface area contributed by atoms with Gasteiger partial charge < -0.3 is 15.2 Å². The van der Waals surface area contributed by atoms with Gasteiger partial charge in [-0.25, -0.2) is 4.98 Å². The average molecular weight is 288 g/mol. The van der Waals surface area contributed by atoms with E-state index in [0.717, 1.165) is 37.1 Å². The highest BCUT2D eigenvalue weighted by Crippen LogP contribution is 2.20. The molecule has 0 amide bonds. The Morgan fingerprint density at radius 1 is 1.33 bits per heavy atom. The molecule has 1 unspecified atom stereocenters. The first-order chi connectivity index (χ1) is 10.1. The lowest BCUT2D eigenvalue weighted by Gasteiger charge is -2.24. The number of rotatable bonds is 7. The molecule has 0 spiro atoms. The van der Waals surface area contributed by atoms with Gasteiger partial charge in [0.25, 0.3) is 0 Å². The smallest absolute Gasteiger partial charge is 0.109 e. The Labute approximate surface area is 128 Å². The molecule has 2 rings (SSSR count). The maximum atomic E-state index is 5.88. The Balaban J connectivity index is 2.25. The number of nitrogens with two attached hydrogens (primary N) is 1. The number of nitrogens with zero attached hydrogens (tertiary/aromatic N) is 3. The van der Waals surface area contributed by atoms with Crippen molar-refractivity contribution in [3.8, 4) is 0 Å². The Morgan fingerprint density at radius 2 is 2.10 bits per heavy atom.